The normalized spacial score (nSPS) is 13.0. The zero-order chi connectivity index (χ0) is 21.1. The van der Waals surface area contributed by atoms with E-state index in [0.717, 1.165) is 52.7 Å². The van der Waals surface area contributed by atoms with Crippen LogP contribution in [0.25, 0.3) is 0 Å². The first-order valence-corrected chi connectivity index (χ1v) is 10.3. The number of aromatic nitrogens is 2. The Morgan fingerprint density at radius 3 is 2.59 bits per heavy atom. The second-order valence-corrected chi connectivity index (χ2v) is 8.10. The number of likely N-dealkylation sites (tertiary alicyclic amines) is 1. The highest BCUT2D eigenvalue weighted by Crippen LogP contribution is 2.23. The standard InChI is InChI=1S/C23H29ClN4O/c1-15-7-8-22(24)16(2)21(15)13-26-20-11-19(23(29)28-9-6-10-28)14-27(5)18(4)17(3)25-12-20/h7-8,11-12,14,26H,6,9-10,13H2,1-5H3. The Hall–Kier alpha value is -2.53. The molecule has 5 nitrogen and oxygen atoms in total. The summed E-state index contributed by atoms with van der Waals surface area (Å²) < 4.78 is 1.96. The maximum atomic E-state index is 12.9. The van der Waals surface area contributed by atoms with Crippen molar-refractivity contribution in [2.75, 3.05) is 18.4 Å². The second kappa shape index (κ2) is 8.87. The smallest absolute Gasteiger partial charge is 0.255 e. The molecule has 0 atom stereocenters. The number of nitrogens with one attached hydrogen (secondary N) is 1. The van der Waals surface area contributed by atoms with Crippen LogP contribution in [-0.4, -0.2) is 33.4 Å². The number of anilines is 1. The Balaban J connectivity index is 2.02. The number of carbonyl (C=O) groups excluding carboxylic acids is 1. The van der Waals surface area contributed by atoms with E-state index in [1.54, 1.807) is 6.20 Å². The predicted octanol–water partition coefficient (Wildman–Crippen LogP) is 4.89. The summed E-state index contributed by atoms with van der Waals surface area (Å²) in [5, 5.41) is 4.21. The molecule has 2 heterocycles. The number of nitrogens with zero attached hydrogens (tertiary/aromatic N) is 3. The molecule has 1 saturated heterocycles. The van der Waals surface area contributed by atoms with E-state index < -0.39 is 0 Å². The minimum atomic E-state index is 0.0540. The van der Waals surface area contributed by atoms with Crippen LogP contribution < -0.4 is 5.32 Å². The van der Waals surface area contributed by atoms with Gasteiger partial charge in [-0.25, -0.2) is 0 Å². The number of hydrogen-bond donors (Lipinski definition) is 1. The molecule has 3 rings (SSSR count). The molecule has 1 N–H and O–H groups in total. The lowest BCUT2D eigenvalue weighted by Crippen LogP contribution is -2.42. The maximum absolute atomic E-state index is 12.9. The predicted molar refractivity (Wildman–Crippen MR) is 119 cm³/mol. The topological polar surface area (TPSA) is 50.2 Å². The largest absolute Gasteiger partial charge is 0.380 e. The summed E-state index contributed by atoms with van der Waals surface area (Å²) in [6.07, 6.45) is 4.76. The Bertz CT molecular complexity index is 991. The van der Waals surface area contributed by atoms with Gasteiger partial charge in [0.25, 0.3) is 5.91 Å². The summed E-state index contributed by atoms with van der Waals surface area (Å²) in [7, 11) is 1.95. The van der Waals surface area contributed by atoms with Crippen LogP contribution in [0.1, 0.15) is 44.9 Å². The van der Waals surface area contributed by atoms with Crippen LogP contribution >= 0.6 is 11.6 Å². The van der Waals surface area contributed by atoms with Crippen LogP contribution in [0.3, 0.4) is 0 Å². The second-order valence-electron chi connectivity index (χ2n) is 7.69. The number of halogens is 1. The number of rotatable bonds is 4. The van der Waals surface area contributed by atoms with E-state index in [9.17, 15) is 4.79 Å². The van der Waals surface area contributed by atoms with Gasteiger partial charge in [0.1, 0.15) is 0 Å². The fraction of sp³-hybridized carbons (Fsp3) is 0.391. The van der Waals surface area contributed by atoms with Crippen molar-refractivity contribution in [2.24, 2.45) is 7.05 Å². The van der Waals surface area contributed by atoms with Crippen molar-refractivity contribution >= 4 is 23.2 Å². The Morgan fingerprint density at radius 2 is 1.93 bits per heavy atom. The third-order valence-electron chi connectivity index (χ3n) is 5.72. The summed E-state index contributed by atoms with van der Waals surface area (Å²) in [6.45, 7) is 10.3. The molecule has 1 fully saturated rings. The summed E-state index contributed by atoms with van der Waals surface area (Å²) in [4.78, 5) is 19.4. The molecular weight excluding hydrogens is 384 g/mol. The quantitative estimate of drug-likeness (QED) is 0.777. The monoisotopic (exact) mass is 412 g/mol. The number of benzene rings is 1. The average Bonchev–Trinajstić information content (AvgIpc) is 2.69. The van der Waals surface area contributed by atoms with E-state index in [1.807, 2.05) is 61.7 Å². The zero-order valence-corrected chi connectivity index (χ0v) is 18.6. The van der Waals surface area contributed by atoms with E-state index >= 15 is 0 Å². The van der Waals surface area contributed by atoms with Crippen LogP contribution in [0.15, 0.2) is 30.6 Å². The Labute approximate surface area is 178 Å². The van der Waals surface area contributed by atoms with E-state index in [4.69, 9.17) is 11.6 Å². The van der Waals surface area contributed by atoms with E-state index in [0.29, 0.717) is 12.1 Å². The molecule has 1 aliphatic heterocycles. The van der Waals surface area contributed by atoms with Gasteiger partial charge in [0.2, 0.25) is 0 Å². The van der Waals surface area contributed by atoms with Crippen molar-refractivity contribution in [3.8, 4) is 0 Å². The van der Waals surface area contributed by atoms with Crippen molar-refractivity contribution < 1.29 is 4.79 Å². The van der Waals surface area contributed by atoms with Gasteiger partial charge in [-0.1, -0.05) is 17.7 Å². The molecule has 29 heavy (non-hydrogen) atoms. The molecule has 1 aliphatic rings. The van der Waals surface area contributed by atoms with Gasteiger partial charge in [-0.15, -0.1) is 0 Å². The van der Waals surface area contributed by atoms with Crippen molar-refractivity contribution in [3.63, 3.8) is 0 Å². The van der Waals surface area contributed by atoms with Crippen LogP contribution in [0.2, 0.25) is 5.02 Å². The summed E-state index contributed by atoms with van der Waals surface area (Å²) in [5.41, 5.74) is 6.77. The van der Waals surface area contributed by atoms with Gasteiger partial charge < -0.3 is 14.8 Å². The fourth-order valence-electron chi connectivity index (χ4n) is 3.30. The van der Waals surface area contributed by atoms with E-state index in [1.165, 1.54) is 5.56 Å². The summed E-state index contributed by atoms with van der Waals surface area (Å²) in [6, 6.07) is 5.85. The Kier molecular flexibility index (Phi) is 6.48. The van der Waals surface area contributed by atoms with Crippen molar-refractivity contribution in [1.29, 1.82) is 0 Å². The fourth-order valence-corrected chi connectivity index (χ4v) is 3.48. The Morgan fingerprint density at radius 1 is 1.21 bits per heavy atom. The summed E-state index contributed by atoms with van der Waals surface area (Å²) >= 11 is 6.31. The number of hydrogen-bond acceptors (Lipinski definition) is 3. The highest BCUT2D eigenvalue weighted by Gasteiger charge is 2.21. The lowest BCUT2D eigenvalue weighted by molar-refractivity contribution is 0.0651. The summed E-state index contributed by atoms with van der Waals surface area (Å²) in [5.74, 6) is 0.0540. The van der Waals surface area contributed by atoms with Crippen molar-refractivity contribution in [3.05, 3.63) is 69.3 Å². The first-order chi connectivity index (χ1) is 13.8. The van der Waals surface area contributed by atoms with Crippen LogP contribution in [-0.2, 0) is 13.6 Å². The lowest BCUT2D eigenvalue weighted by atomic mass is 10.0. The van der Waals surface area contributed by atoms with Gasteiger partial charge in [-0.2, -0.15) is 0 Å². The molecule has 0 spiro atoms. The maximum Gasteiger partial charge on any atom is 0.255 e. The molecule has 0 unspecified atom stereocenters. The zero-order valence-electron chi connectivity index (χ0n) is 17.8. The minimum absolute atomic E-state index is 0.0540. The van der Waals surface area contributed by atoms with Gasteiger partial charge in [0.15, 0.2) is 0 Å². The molecule has 0 aliphatic carbocycles. The van der Waals surface area contributed by atoms with Crippen LogP contribution in [0, 0.1) is 27.7 Å². The van der Waals surface area contributed by atoms with Crippen LogP contribution in [0.5, 0.6) is 0 Å². The minimum Gasteiger partial charge on any atom is -0.380 e. The third-order valence-corrected chi connectivity index (χ3v) is 6.13. The molecule has 0 radical (unpaired) electrons. The van der Waals surface area contributed by atoms with E-state index in [-0.39, 0.29) is 5.91 Å². The van der Waals surface area contributed by atoms with E-state index in [2.05, 4.69) is 17.2 Å². The van der Waals surface area contributed by atoms with Gasteiger partial charge >= 0.3 is 0 Å². The highest BCUT2D eigenvalue weighted by molar-refractivity contribution is 6.31. The first kappa shape index (κ1) is 21.2. The van der Waals surface area contributed by atoms with Crippen molar-refractivity contribution in [2.45, 2.75) is 40.7 Å². The molecule has 1 amide bonds. The van der Waals surface area contributed by atoms with Gasteiger partial charge in [-0.3, -0.25) is 9.78 Å². The lowest BCUT2D eigenvalue weighted by Gasteiger charge is -2.30. The van der Waals surface area contributed by atoms with Gasteiger partial charge in [0.05, 0.1) is 23.1 Å². The third kappa shape index (κ3) is 4.73. The molecule has 1 aromatic heterocycles. The molecule has 1 aromatic carbocycles. The molecule has 6 heteroatoms. The first-order valence-electron chi connectivity index (χ1n) is 9.93. The SMILES string of the molecule is Cc1ccc(Cl)c(C)c1CNc1cnc(C)c(C)n(C)cc(C(=O)N2CCC2)c1. The van der Waals surface area contributed by atoms with Crippen molar-refractivity contribution in [1.82, 2.24) is 14.5 Å². The average molecular weight is 413 g/mol. The number of amides is 1. The molecule has 0 bridgehead atoms. The molecule has 154 valence electrons. The number of carbonyl (C=O) groups is 1. The molecular formula is C23H29ClN4O. The van der Waals surface area contributed by atoms with Gasteiger partial charge in [-0.05, 0) is 62.9 Å². The highest BCUT2D eigenvalue weighted by atomic mass is 35.5. The number of aryl methyl sites for hydroxylation is 3. The molecule has 0 saturated carbocycles. The molecule has 2 aromatic rings. The van der Waals surface area contributed by atoms with Gasteiger partial charge in [0, 0.05) is 43.6 Å². The van der Waals surface area contributed by atoms with Crippen LogP contribution in [0.4, 0.5) is 5.69 Å².